The van der Waals surface area contributed by atoms with Gasteiger partial charge >= 0.3 is 0 Å². The molecule has 3 rings (SSSR count). The Kier molecular flexibility index (Phi) is 2.86. The van der Waals surface area contributed by atoms with Crippen LogP contribution in [0.15, 0.2) is 35.1 Å². The summed E-state index contributed by atoms with van der Waals surface area (Å²) < 4.78 is 6.56. The average Bonchev–Trinajstić information content (AvgIpc) is 3.04. The highest BCUT2D eigenvalue weighted by Gasteiger charge is 2.18. The quantitative estimate of drug-likeness (QED) is 0.702. The molecule has 102 valence electrons. The van der Waals surface area contributed by atoms with Gasteiger partial charge in [0, 0.05) is 24.0 Å². The lowest BCUT2D eigenvalue weighted by Crippen LogP contribution is -1.98. The Hall–Kier alpha value is -2.83. The number of aryl methyl sites for hydroxylation is 1. The molecule has 3 aromatic rings. The summed E-state index contributed by atoms with van der Waals surface area (Å²) in [5, 5.41) is 7.38. The molecule has 0 aliphatic rings. The molecule has 0 spiro atoms. The lowest BCUT2D eigenvalue weighted by molar-refractivity contribution is 0.310. The first-order valence-electron chi connectivity index (χ1n) is 6.21. The van der Waals surface area contributed by atoms with E-state index in [2.05, 4.69) is 19.9 Å². The Morgan fingerprint density at radius 2 is 2.00 bits per heavy atom. The van der Waals surface area contributed by atoms with Crippen LogP contribution in [-0.2, 0) is 6.54 Å². The van der Waals surface area contributed by atoms with Gasteiger partial charge in [-0.1, -0.05) is 18.2 Å². The predicted octanol–water partition coefficient (Wildman–Crippen LogP) is 1.78. The lowest BCUT2D eigenvalue weighted by atomic mass is 10.1. The maximum Gasteiger partial charge on any atom is 0.199 e. The van der Waals surface area contributed by atoms with Gasteiger partial charge < -0.3 is 16.0 Å². The van der Waals surface area contributed by atoms with Gasteiger partial charge in [-0.3, -0.25) is 0 Å². The minimum atomic E-state index is 0.220. The summed E-state index contributed by atoms with van der Waals surface area (Å²) in [6, 6.07) is 7.57. The number of hydrogen-bond acceptors (Lipinski definition) is 6. The molecular formula is C13H14N6O. The second-order valence-electron chi connectivity index (χ2n) is 4.32. The summed E-state index contributed by atoms with van der Waals surface area (Å²) in [4.78, 5) is 4.56. The molecule has 0 fully saturated rings. The van der Waals surface area contributed by atoms with Gasteiger partial charge in [0.1, 0.15) is 0 Å². The van der Waals surface area contributed by atoms with Gasteiger partial charge in [-0.15, -0.1) is 0 Å². The molecule has 2 heterocycles. The van der Waals surface area contributed by atoms with E-state index in [0.29, 0.717) is 17.2 Å². The minimum absolute atomic E-state index is 0.220. The fourth-order valence-corrected chi connectivity index (χ4v) is 2.06. The summed E-state index contributed by atoms with van der Waals surface area (Å²) in [7, 11) is 0. The minimum Gasteiger partial charge on any atom is -0.398 e. The lowest BCUT2D eigenvalue weighted by Gasteiger charge is -2.00. The molecular weight excluding hydrogens is 256 g/mol. The van der Waals surface area contributed by atoms with Crippen LogP contribution in [0.5, 0.6) is 0 Å². The highest BCUT2D eigenvalue weighted by atomic mass is 16.6. The van der Waals surface area contributed by atoms with Crippen molar-refractivity contribution in [1.82, 2.24) is 19.9 Å². The number of nitrogen functional groups attached to an aromatic ring is 2. The molecule has 0 aliphatic heterocycles. The zero-order chi connectivity index (χ0) is 14.1. The third kappa shape index (κ3) is 1.89. The smallest absolute Gasteiger partial charge is 0.199 e. The molecule has 0 atom stereocenters. The average molecular weight is 270 g/mol. The van der Waals surface area contributed by atoms with E-state index in [0.717, 1.165) is 17.8 Å². The van der Waals surface area contributed by atoms with Gasteiger partial charge in [0.2, 0.25) is 0 Å². The van der Waals surface area contributed by atoms with Gasteiger partial charge in [0.25, 0.3) is 0 Å². The summed E-state index contributed by atoms with van der Waals surface area (Å²) in [6.45, 7) is 2.73. The van der Waals surface area contributed by atoms with E-state index in [1.54, 1.807) is 0 Å². The van der Waals surface area contributed by atoms with E-state index in [4.69, 9.17) is 11.5 Å². The number of hydrogen-bond donors (Lipinski definition) is 2. The van der Waals surface area contributed by atoms with E-state index >= 15 is 0 Å². The monoisotopic (exact) mass is 270 g/mol. The Morgan fingerprint density at radius 1 is 1.20 bits per heavy atom. The Morgan fingerprint density at radius 3 is 2.65 bits per heavy atom. The fraction of sp³-hybridized carbons (Fsp3) is 0.154. The van der Waals surface area contributed by atoms with Crippen LogP contribution in [0.4, 0.5) is 11.5 Å². The largest absolute Gasteiger partial charge is 0.398 e. The standard InChI is InChI=1S/C13H14N6O/c1-2-19-7-10(8-5-3-4-6-9(8)14)16-13(19)11-12(15)18-20-17-11/h3-7H,2,14H2,1H3,(H2,15,18). The van der Waals surface area contributed by atoms with E-state index in [1.807, 2.05) is 42.0 Å². The summed E-state index contributed by atoms with van der Waals surface area (Å²) in [6.07, 6.45) is 1.91. The molecule has 4 N–H and O–H groups in total. The van der Waals surface area contributed by atoms with Crippen LogP contribution in [0.3, 0.4) is 0 Å². The van der Waals surface area contributed by atoms with Crippen molar-refractivity contribution in [3.05, 3.63) is 30.5 Å². The number of imidazole rings is 1. The highest BCUT2D eigenvalue weighted by molar-refractivity contribution is 5.75. The Balaban J connectivity index is 2.15. The fourth-order valence-electron chi connectivity index (χ4n) is 2.06. The molecule has 1 aromatic carbocycles. The summed E-state index contributed by atoms with van der Waals surface area (Å²) in [5.41, 5.74) is 14.5. The number of aromatic nitrogens is 4. The van der Waals surface area contributed by atoms with Crippen molar-refractivity contribution < 1.29 is 4.63 Å². The maximum atomic E-state index is 5.98. The number of nitrogens with two attached hydrogens (primary N) is 2. The van der Waals surface area contributed by atoms with E-state index < -0.39 is 0 Å². The Labute approximate surface area is 115 Å². The second kappa shape index (κ2) is 4.69. The number of para-hydroxylation sites is 1. The first-order chi connectivity index (χ1) is 9.70. The topological polar surface area (TPSA) is 109 Å². The van der Waals surface area contributed by atoms with Gasteiger partial charge in [-0.25, -0.2) is 9.61 Å². The van der Waals surface area contributed by atoms with Crippen molar-refractivity contribution in [2.75, 3.05) is 11.5 Å². The normalized spacial score (nSPS) is 10.8. The van der Waals surface area contributed by atoms with Crippen LogP contribution in [0, 0.1) is 0 Å². The molecule has 0 aliphatic carbocycles. The SMILES string of the molecule is CCn1cc(-c2ccccc2N)nc1-c1nonc1N. The molecule has 20 heavy (non-hydrogen) atoms. The van der Waals surface area contributed by atoms with Gasteiger partial charge in [-0.2, -0.15) is 0 Å². The Bertz CT molecular complexity index is 745. The van der Waals surface area contributed by atoms with E-state index in [9.17, 15) is 0 Å². The molecule has 0 unspecified atom stereocenters. The molecule has 0 bridgehead atoms. The third-order valence-electron chi connectivity index (χ3n) is 3.08. The first kappa shape index (κ1) is 12.2. The molecule has 0 saturated carbocycles. The first-order valence-corrected chi connectivity index (χ1v) is 6.21. The number of benzene rings is 1. The van der Waals surface area contributed by atoms with E-state index in [-0.39, 0.29) is 5.82 Å². The van der Waals surface area contributed by atoms with Crippen molar-refractivity contribution in [3.63, 3.8) is 0 Å². The zero-order valence-electron chi connectivity index (χ0n) is 10.9. The number of anilines is 2. The van der Waals surface area contributed by atoms with Crippen molar-refractivity contribution in [2.45, 2.75) is 13.5 Å². The third-order valence-corrected chi connectivity index (χ3v) is 3.08. The molecule has 2 aromatic heterocycles. The predicted molar refractivity (Wildman–Crippen MR) is 75.5 cm³/mol. The molecule has 0 amide bonds. The second-order valence-corrected chi connectivity index (χ2v) is 4.32. The zero-order valence-corrected chi connectivity index (χ0v) is 10.9. The van der Waals surface area contributed by atoms with Crippen molar-refractivity contribution in [2.24, 2.45) is 0 Å². The number of nitrogens with zero attached hydrogens (tertiary/aromatic N) is 4. The van der Waals surface area contributed by atoms with Crippen LogP contribution in [0.25, 0.3) is 22.8 Å². The van der Waals surface area contributed by atoms with Crippen molar-refractivity contribution >= 4 is 11.5 Å². The summed E-state index contributed by atoms with van der Waals surface area (Å²) >= 11 is 0. The van der Waals surface area contributed by atoms with Gasteiger partial charge in [-0.05, 0) is 23.3 Å². The highest BCUT2D eigenvalue weighted by Crippen LogP contribution is 2.29. The van der Waals surface area contributed by atoms with Crippen LogP contribution in [0.1, 0.15) is 6.92 Å². The van der Waals surface area contributed by atoms with Crippen LogP contribution in [0.2, 0.25) is 0 Å². The number of rotatable bonds is 3. The van der Waals surface area contributed by atoms with Crippen molar-refractivity contribution in [3.8, 4) is 22.8 Å². The molecule has 7 heteroatoms. The van der Waals surface area contributed by atoms with Crippen LogP contribution < -0.4 is 11.5 Å². The summed E-state index contributed by atoms with van der Waals surface area (Å²) in [5.74, 6) is 0.836. The van der Waals surface area contributed by atoms with Crippen molar-refractivity contribution in [1.29, 1.82) is 0 Å². The van der Waals surface area contributed by atoms with Crippen LogP contribution >= 0.6 is 0 Å². The maximum absolute atomic E-state index is 5.98. The molecule has 7 nitrogen and oxygen atoms in total. The van der Waals surface area contributed by atoms with Gasteiger partial charge in [0.05, 0.1) is 5.69 Å². The van der Waals surface area contributed by atoms with Gasteiger partial charge in [0.15, 0.2) is 17.3 Å². The van der Waals surface area contributed by atoms with E-state index in [1.165, 1.54) is 0 Å². The molecule has 0 radical (unpaired) electrons. The molecule has 0 saturated heterocycles. The van der Waals surface area contributed by atoms with Crippen LogP contribution in [-0.4, -0.2) is 19.9 Å².